The summed E-state index contributed by atoms with van der Waals surface area (Å²) in [5.41, 5.74) is 0.335. The minimum atomic E-state index is -0.615. The quantitative estimate of drug-likeness (QED) is 0.590. The van der Waals surface area contributed by atoms with Gasteiger partial charge >= 0.3 is 0 Å². The Bertz CT molecular complexity index is 892. The number of hydrogen-bond acceptors (Lipinski definition) is 5. The molecule has 0 aliphatic carbocycles. The lowest BCUT2D eigenvalue weighted by atomic mass is 10.2. The van der Waals surface area contributed by atoms with Crippen LogP contribution >= 0.6 is 11.6 Å². The molecule has 0 unspecified atom stereocenters. The number of nitrogens with zero attached hydrogens (tertiary/aromatic N) is 4. The first-order chi connectivity index (χ1) is 10.6. The number of nitro benzene ring substituents is 1. The van der Waals surface area contributed by atoms with E-state index in [0.717, 1.165) is 0 Å². The van der Waals surface area contributed by atoms with Crippen LogP contribution in [0.3, 0.4) is 0 Å². The van der Waals surface area contributed by atoms with E-state index in [2.05, 4.69) is 15.4 Å². The molecule has 1 N–H and O–H groups in total. The first-order valence-electron chi connectivity index (χ1n) is 6.10. The van der Waals surface area contributed by atoms with Gasteiger partial charge in [0, 0.05) is 23.5 Å². The van der Waals surface area contributed by atoms with Crippen LogP contribution in [-0.2, 0) is 0 Å². The van der Waals surface area contributed by atoms with Crippen molar-refractivity contribution in [1.29, 1.82) is 0 Å². The minimum absolute atomic E-state index is 0.0506. The number of carbonyl (C=O) groups is 1. The van der Waals surface area contributed by atoms with Gasteiger partial charge in [-0.2, -0.15) is 5.10 Å². The predicted octanol–water partition coefficient (Wildman–Crippen LogP) is 2.54. The van der Waals surface area contributed by atoms with E-state index in [1.807, 2.05) is 0 Å². The SMILES string of the molecule is O=C(Nc1ccc(Cl)cc1[N+](=O)[O-])c1cnn2cccnc12. The molecule has 2 aromatic heterocycles. The van der Waals surface area contributed by atoms with Crippen LogP contribution < -0.4 is 5.32 Å². The molecule has 0 radical (unpaired) electrons. The van der Waals surface area contributed by atoms with Crippen LogP contribution in [0, 0.1) is 10.1 Å². The standard InChI is InChI=1S/C13H8ClN5O3/c14-8-2-3-10(11(6-8)19(21)22)17-13(20)9-7-16-18-5-1-4-15-12(9)18/h1-7H,(H,17,20). The van der Waals surface area contributed by atoms with E-state index < -0.39 is 10.8 Å². The lowest BCUT2D eigenvalue weighted by Gasteiger charge is -2.05. The van der Waals surface area contributed by atoms with Gasteiger partial charge in [0.2, 0.25) is 0 Å². The maximum absolute atomic E-state index is 12.3. The number of carbonyl (C=O) groups excluding carboxylic acids is 1. The van der Waals surface area contributed by atoms with Gasteiger partial charge in [-0.15, -0.1) is 0 Å². The molecule has 0 spiro atoms. The van der Waals surface area contributed by atoms with Gasteiger partial charge in [-0.1, -0.05) is 11.6 Å². The summed E-state index contributed by atoms with van der Waals surface area (Å²) in [5.74, 6) is -0.542. The summed E-state index contributed by atoms with van der Waals surface area (Å²) in [5, 5.41) is 17.7. The fraction of sp³-hybridized carbons (Fsp3) is 0. The minimum Gasteiger partial charge on any atom is -0.316 e. The second-order valence-electron chi connectivity index (χ2n) is 4.32. The van der Waals surface area contributed by atoms with Crippen LogP contribution in [0.5, 0.6) is 0 Å². The third-order valence-corrected chi connectivity index (χ3v) is 3.16. The Morgan fingerprint density at radius 1 is 1.41 bits per heavy atom. The number of rotatable bonds is 3. The van der Waals surface area contributed by atoms with E-state index in [4.69, 9.17) is 11.6 Å². The average Bonchev–Trinajstić information content (AvgIpc) is 2.93. The van der Waals surface area contributed by atoms with Gasteiger partial charge in [0.1, 0.15) is 11.3 Å². The van der Waals surface area contributed by atoms with Crippen molar-refractivity contribution < 1.29 is 9.72 Å². The molecule has 3 aromatic rings. The zero-order valence-corrected chi connectivity index (χ0v) is 11.7. The zero-order valence-electron chi connectivity index (χ0n) is 10.9. The Labute approximate surface area is 128 Å². The summed E-state index contributed by atoms with van der Waals surface area (Å²) in [7, 11) is 0. The van der Waals surface area contributed by atoms with E-state index >= 15 is 0 Å². The summed E-state index contributed by atoms with van der Waals surface area (Å²) < 4.78 is 1.44. The third-order valence-electron chi connectivity index (χ3n) is 2.93. The zero-order chi connectivity index (χ0) is 15.7. The van der Waals surface area contributed by atoms with Crippen molar-refractivity contribution in [2.24, 2.45) is 0 Å². The van der Waals surface area contributed by atoms with Crippen LogP contribution in [0.4, 0.5) is 11.4 Å². The highest BCUT2D eigenvalue weighted by atomic mass is 35.5. The Morgan fingerprint density at radius 3 is 3.00 bits per heavy atom. The number of aromatic nitrogens is 3. The summed E-state index contributed by atoms with van der Waals surface area (Å²) >= 11 is 5.73. The van der Waals surface area contributed by atoms with Gasteiger partial charge < -0.3 is 5.32 Å². The predicted molar refractivity (Wildman–Crippen MR) is 79.0 cm³/mol. The molecule has 3 rings (SSSR count). The molecular formula is C13H8ClN5O3. The lowest BCUT2D eigenvalue weighted by Crippen LogP contribution is -2.13. The molecule has 2 heterocycles. The summed E-state index contributed by atoms with van der Waals surface area (Å²) in [6.45, 7) is 0. The number of fused-ring (bicyclic) bond motifs is 1. The van der Waals surface area contributed by atoms with E-state index in [1.165, 1.54) is 35.1 Å². The average molecular weight is 318 g/mol. The second-order valence-corrected chi connectivity index (χ2v) is 4.76. The summed E-state index contributed by atoms with van der Waals surface area (Å²) in [6.07, 6.45) is 4.52. The Hall–Kier alpha value is -3.00. The first kappa shape index (κ1) is 14.0. The molecule has 1 amide bonds. The van der Waals surface area contributed by atoms with E-state index in [-0.39, 0.29) is 22.0 Å². The van der Waals surface area contributed by atoms with E-state index in [1.54, 1.807) is 12.3 Å². The smallest absolute Gasteiger partial charge is 0.294 e. The van der Waals surface area contributed by atoms with Crippen molar-refractivity contribution in [3.8, 4) is 0 Å². The Balaban J connectivity index is 1.97. The third kappa shape index (κ3) is 2.47. The second kappa shape index (κ2) is 5.41. The largest absolute Gasteiger partial charge is 0.316 e. The van der Waals surface area contributed by atoms with Crippen LogP contribution in [0.2, 0.25) is 5.02 Å². The molecule has 110 valence electrons. The van der Waals surface area contributed by atoms with Crippen molar-refractivity contribution in [3.05, 3.63) is 63.6 Å². The molecule has 0 saturated carbocycles. The van der Waals surface area contributed by atoms with Gasteiger partial charge in [0.25, 0.3) is 11.6 Å². The number of anilines is 1. The van der Waals surface area contributed by atoms with Crippen LogP contribution in [0.25, 0.3) is 5.65 Å². The maximum atomic E-state index is 12.3. The Morgan fingerprint density at radius 2 is 2.23 bits per heavy atom. The van der Waals surface area contributed by atoms with Crippen LogP contribution in [0.1, 0.15) is 10.4 Å². The number of halogens is 1. The number of nitro groups is 1. The van der Waals surface area contributed by atoms with Crippen molar-refractivity contribution in [1.82, 2.24) is 14.6 Å². The number of hydrogen-bond donors (Lipinski definition) is 1. The van der Waals surface area contributed by atoms with Gasteiger partial charge in [0.15, 0.2) is 5.65 Å². The summed E-state index contributed by atoms with van der Waals surface area (Å²) in [4.78, 5) is 26.8. The Kier molecular flexibility index (Phi) is 3.43. The van der Waals surface area contributed by atoms with Crippen molar-refractivity contribution >= 4 is 34.5 Å². The van der Waals surface area contributed by atoms with E-state index in [0.29, 0.717) is 5.65 Å². The van der Waals surface area contributed by atoms with Crippen molar-refractivity contribution in [2.75, 3.05) is 5.32 Å². The van der Waals surface area contributed by atoms with Gasteiger partial charge in [0.05, 0.1) is 11.1 Å². The molecule has 0 aliphatic heterocycles. The molecule has 0 bridgehead atoms. The molecule has 1 aromatic carbocycles. The molecule has 8 nitrogen and oxygen atoms in total. The first-order valence-corrected chi connectivity index (χ1v) is 6.48. The number of nitrogens with one attached hydrogen (secondary N) is 1. The molecule has 9 heteroatoms. The van der Waals surface area contributed by atoms with Gasteiger partial charge in [-0.25, -0.2) is 9.50 Å². The highest BCUT2D eigenvalue weighted by molar-refractivity contribution is 6.31. The fourth-order valence-corrected chi connectivity index (χ4v) is 2.10. The van der Waals surface area contributed by atoms with Crippen LogP contribution in [-0.4, -0.2) is 25.4 Å². The number of amides is 1. The topological polar surface area (TPSA) is 102 Å². The van der Waals surface area contributed by atoms with E-state index in [9.17, 15) is 14.9 Å². The normalized spacial score (nSPS) is 10.6. The summed E-state index contributed by atoms with van der Waals surface area (Å²) in [6, 6.07) is 5.67. The highest BCUT2D eigenvalue weighted by Crippen LogP contribution is 2.28. The molecular weight excluding hydrogens is 310 g/mol. The number of benzene rings is 1. The molecule has 0 atom stereocenters. The fourth-order valence-electron chi connectivity index (χ4n) is 1.94. The van der Waals surface area contributed by atoms with Crippen molar-refractivity contribution in [2.45, 2.75) is 0 Å². The van der Waals surface area contributed by atoms with Gasteiger partial charge in [-0.05, 0) is 18.2 Å². The lowest BCUT2D eigenvalue weighted by molar-refractivity contribution is -0.383. The monoisotopic (exact) mass is 317 g/mol. The molecule has 0 aliphatic rings. The molecule has 0 fully saturated rings. The molecule has 0 saturated heterocycles. The molecule has 22 heavy (non-hydrogen) atoms. The van der Waals surface area contributed by atoms with Crippen molar-refractivity contribution in [3.63, 3.8) is 0 Å². The maximum Gasteiger partial charge on any atom is 0.294 e. The van der Waals surface area contributed by atoms with Crippen LogP contribution in [0.15, 0.2) is 42.9 Å². The van der Waals surface area contributed by atoms with Gasteiger partial charge in [-0.3, -0.25) is 14.9 Å². The highest BCUT2D eigenvalue weighted by Gasteiger charge is 2.19.